The zero-order valence-corrected chi connectivity index (χ0v) is 33.7. The molecule has 5 N–H and O–H groups in total. The molecule has 0 atom stereocenters. The summed E-state index contributed by atoms with van der Waals surface area (Å²) in [5.41, 5.74) is 1.63. The van der Waals surface area contributed by atoms with Gasteiger partial charge in [-0.3, -0.25) is 24.1 Å². The lowest BCUT2D eigenvalue weighted by Gasteiger charge is -2.19. The summed E-state index contributed by atoms with van der Waals surface area (Å²) in [5.74, 6) is -1.02. The lowest BCUT2D eigenvalue weighted by Crippen LogP contribution is -2.35. The number of ketones is 1. The summed E-state index contributed by atoms with van der Waals surface area (Å²) in [6.45, 7) is 17.1. The molecule has 1 aliphatic heterocycles. The van der Waals surface area contributed by atoms with Crippen molar-refractivity contribution in [3.8, 4) is 0 Å². The molecule has 53 heavy (non-hydrogen) atoms. The monoisotopic (exact) mass is 754 g/mol. The molecule has 16 heteroatoms. The third-order valence-corrected chi connectivity index (χ3v) is 5.06. The Hall–Kier alpha value is -4.80. The highest BCUT2D eigenvalue weighted by Crippen LogP contribution is 2.10. The predicted octanol–water partition coefficient (Wildman–Crippen LogP) is 2.53. The second-order valence-electron chi connectivity index (χ2n) is 11.7. The highest BCUT2D eigenvalue weighted by Gasteiger charge is 2.23. The molecule has 1 aliphatic rings. The van der Waals surface area contributed by atoms with E-state index in [2.05, 4.69) is 35.1 Å². The van der Waals surface area contributed by atoms with Crippen LogP contribution < -0.4 is 21.3 Å². The van der Waals surface area contributed by atoms with Gasteiger partial charge in [0.1, 0.15) is 30.7 Å². The van der Waals surface area contributed by atoms with E-state index in [1.807, 2.05) is 84.8 Å². The number of imide groups is 1. The van der Waals surface area contributed by atoms with Gasteiger partial charge in [-0.15, -0.1) is 0 Å². The van der Waals surface area contributed by atoms with Crippen LogP contribution in [0.25, 0.3) is 0 Å². The Morgan fingerprint density at radius 1 is 0.925 bits per heavy atom. The Morgan fingerprint density at radius 3 is 1.72 bits per heavy atom. The molecule has 0 radical (unpaired) electrons. The summed E-state index contributed by atoms with van der Waals surface area (Å²) in [4.78, 5) is 84.5. The maximum Gasteiger partial charge on any atom is 0.407 e. The second-order valence-corrected chi connectivity index (χ2v) is 11.7. The van der Waals surface area contributed by atoms with Crippen molar-refractivity contribution in [2.75, 3.05) is 66.3 Å². The number of rotatable bonds is 13. The molecule has 1 aromatic carbocycles. The Bertz CT molecular complexity index is 1140. The fourth-order valence-corrected chi connectivity index (χ4v) is 2.84. The van der Waals surface area contributed by atoms with E-state index in [0.717, 1.165) is 41.1 Å². The van der Waals surface area contributed by atoms with Crippen molar-refractivity contribution in [2.24, 2.45) is 0 Å². The van der Waals surface area contributed by atoms with Crippen LogP contribution in [0.3, 0.4) is 0 Å². The molecule has 0 bridgehead atoms. The number of amides is 4. The van der Waals surface area contributed by atoms with E-state index in [0.29, 0.717) is 25.8 Å². The number of carbonyl (C=O) groups excluding carboxylic acids is 8. The lowest BCUT2D eigenvalue weighted by molar-refractivity contribution is -0.137. The smallest absolute Gasteiger partial charge is 0.407 e. The Balaban J connectivity index is -0.000000192. The lowest BCUT2D eigenvalue weighted by atomic mass is 10.2. The van der Waals surface area contributed by atoms with Crippen LogP contribution in [0, 0.1) is 0 Å². The maximum absolute atomic E-state index is 11.4. The first-order chi connectivity index (χ1) is 24.9. The fraction of sp³-hybridized carbons (Fsp3) is 0.568. The summed E-state index contributed by atoms with van der Waals surface area (Å²) in [6.07, 6.45) is 5.26. The zero-order chi connectivity index (χ0) is 42.3. The van der Waals surface area contributed by atoms with Gasteiger partial charge in [-0.25, -0.2) is 4.79 Å². The van der Waals surface area contributed by atoms with Gasteiger partial charge >= 0.3 is 6.09 Å². The van der Waals surface area contributed by atoms with E-state index in [1.54, 1.807) is 14.0 Å². The molecule has 1 aromatic rings. The van der Waals surface area contributed by atoms with Crippen molar-refractivity contribution in [3.05, 3.63) is 42.0 Å². The number of nitrogens with zero attached hydrogens (tertiary/aromatic N) is 2. The average molecular weight is 755 g/mol. The minimum atomic E-state index is -0.458. The zero-order valence-electron chi connectivity index (χ0n) is 33.7. The minimum absolute atomic E-state index is 0.00694. The van der Waals surface area contributed by atoms with Crippen LogP contribution >= 0.6 is 0 Å². The molecule has 0 saturated heterocycles. The molecule has 0 saturated carbocycles. The van der Waals surface area contributed by atoms with Gasteiger partial charge < -0.3 is 50.4 Å². The van der Waals surface area contributed by atoms with Gasteiger partial charge in [0.25, 0.3) is 11.8 Å². The number of ether oxygens (including phenoxy) is 1. The van der Waals surface area contributed by atoms with E-state index < -0.39 is 23.5 Å². The Kier molecular flexibility index (Phi) is 43.4. The number of aliphatic hydroxyl groups excluding tert-OH is 1. The number of alkyl carbamates (subject to hydrolysis) is 1. The van der Waals surface area contributed by atoms with Crippen LogP contribution in [0.5, 0.6) is 0 Å². The van der Waals surface area contributed by atoms with Crippen LogP contribution in [-0.4, -0.2) is 130 Å². The molecule has 0 spiro atoms. The number of hydrogen-bond acceptors (Lipinski definition) is 13. The van der Waals surface area contributed by atoms with Gasteiger partial charge in [0.05, 0.1) is 19.7 Å². The molecule has 0 aliphatic carbocycles. The Labute approximate surface area is 316 Å². The molecular formula is C37H66N6O10. The number of nitrogens with one attached hydrogen (secondary N) is 4. The second kappa shape index (κ2) is 40.0. The molecule has 2 rings (SSSR count). The van der Waals surface area contributed by atoms with Gasteiger partial charge in [0.2, 0.25) is 5.91 Å². The minimum Gasteiger partial charge on any atom is -0.444 e. The van der Waals surface area contributed by atoms with Crippen molar-refractivity contribution >= 4 is 54.6 Å². The van der Waals surface area contributed by atoms with Crippen molar-refractivity contribution in [1.82, 2.24) is 25.8 Å². The average Bonchev–Trinajstić information content (AvgIpc) is 3.43. The van der Waals surface area contributed by atoms with E-state index >= 15 is 0 Å². The van der Waals surface area contributed by atoms with Crippen molar-refractivity contribution in [2.45, 2.75) is 79.9 Å². The highest BCUT2D eigenvalue weighted by molar-refractivity contribution is 6.13. The highest BCUT2D eigenvalue weighted by atomic mass is 16.6. The largest absolute Gasteiger partial charge is 0.444 e. The normalized spacial score (nSPS) is 10.5. The van der Waals surface area contributed by atoms with Gasteiger partial charge in [-0.1, -0.05) is 39.3 Å². The maximum atomic E-state index is 11.4. The van der Waals surface area contributed by atoms with Crippen molar-refractivity contribution < 1.29 is 48.2 Å². The van der Waals surface area contributed by atoms with Crippen LogP contribution in [0.4, 0.5) is 10.5 Å². The number of likely N-dealkylation sites (N-methyl/N-ethyl adjacent to an activating group) is 2. The number of carbonyl (C=O) groups is 8. The van der Waals surface area contributed by atoms with Crippen LogP contribution in [0.15, 0.2) is 36.4 Å². The molecule has 1 heterocycles. The summed E-state index contributed by atoms with van der Waals surface area (Å²) in [6, 6.07) is 7.85. The van der Waals surface area contributed by atoms with Crippen LogP contribution in [0.1, 0.15) is 73.3 Å². The van der Waals surface area contributed by atoms with E-state index in [9.17, 15) is 33.6 Å². The summed E-state index contributed by atoms with van der Waals surface area (Å²) in [7, 11) is 7.47. The number of Topliss-reactive ketones (excluding diaryl/α,β-unsaturated/α-hetero) is 1. The number of benzene rings is 1. The molecule has 16 nitrogen and oxygen atoms in total. The van der Waals surface area contributed by atoms with Gasteiger partial charge in [0.15, 0.2) is 0 Å². The third kappa shape index (κ3) is 45.2. The predicted molar refractivity (Wildman–Crippen MR) is 208 cm³/mol. The number of hydrogen-bond donors (Lipinski definition) is 5. The molecular weight excluding hydrogens is 688 g/mol. The Morgan fingerprint density at radius 2 is 1.42 bits per heavy atom. The molecule has 0 unspecified atom stereocenters. The third-order valence-electron chi connectivity index (χ3n) is 5.06. The van der Waals surface area contributed by atoms with E-state index in [4.69, 9.17) is 14.6 Å². The first-order valence-corrected chi connectivity index (χ1v) is 17.0. The van der Waals surface area contributed by atoms with Crippen LogP contribution in [0.2, 0.25) is 0 Å². The van der Waals surface area contributed by atoms with Gasteiger partial charge in [-0.2, -0.15) is 0 Å². The summed E-state index contributed by atoms with van der Waals surface area (Å²) < 4.78 is 5.14. The first kappa shape index (κ1) is 57.5. The van der Waals surface area contributed by atoms with Crippen molar-refractivity contribution in [3.63, 3.8) is 0 Å². The standard InChI is InChI=1S/C13H20N2O2.C9H10N2O4.C4H11NO.C4H9NO.C3H6O.C3H8.CH2O/c1-13(2,3)17-12(16)15-9-10-5-7-11(14-4)8-6-10;12-6-4-10-7(13)3-5-11-8(14)1-2-9(11)15;1-5(2)3-4-6;1-4(6)3-5-2;1-2-3-4;1-3-2;1-2/h5-8,14H,9H2,1-4H3,(H,15,16);1-2,6H,3-5H2,(H,10,13);6H,3-4H2,1-2H3;5H,3H2,1-2H3;3H,2H2,1H3;3H2,1-2H3;1H2. The number of aldehydes is 2. The molecule has 0 aromatic heterocycles. The van der Waals surface area contributed by atoms with E-state index in [-0.39, 0.29) is 37.8 Å². The van der Waals surface area contributed by atoms with Crippen LogP contribution in [-0.2, 0) is 44.8 Å². The summed E-state index contributed by atoms with van der Waals surface area (Å²) >= 11 is 0. The first-order valence-electron chi connectivity index (χ1n) is 17.0. The number of aliphatic hydroxyl groups is 1. The summed E-state index contributed by atoms with van der Waals surface area (Å²) in [5, 5.41) is 19.0. The van der Waals surface area contributed by atoms with E-state index in [1.165, 1.54) is 6.42 Å². The topological polar surface area (TPSA) is 221 Å². The van der Waals surface area contributed by atoms with Gasteiger partial charge in [0, 0.05) is 57.4 Å². The molecule has 0 fully saturated rings. The fourth-order valence-electron chi connectivity index (χ4n) is 2.84. The molecule has 4 amide bonds. The number of anilines is 1. The SMILES string of the molecule is C=O.CCC.CCC=O.CN(C)CCO.CNCC(C)=O.CNc1ccc(CNC(=O)OC(C)(C)C)cc1.O=CCNC(=O)CCN1C(=O)C=CC1=O. The van der Waals surface area contributed by atoms with Crippen molar-refractivity contribution in [1.29, 1.82) is 0 Å². The molecule has 304 valence electrons. The quantitative estimate of drug-likeness (QED) is 0.145. The van der Waals surface area contributed by atoms with Gasteiger partial charge in [-0.05, 0) is 66.5 Å².